The number of nitrogens with two attached hydrogens (primary N) is 1. The second-order valence-corrected chi connectivity index (χ2v) is 4.08. The van der Waals surface area contributed by atoms with Crippen molar-refractivity contribution in [2.24, 2.45) is 0 Å². The standard InChI is InChI=1S/C14H14FN/c1-9-6-10(2)8-11(7-9)12-4-3-5-13(15)14(12)16/h3-8H,16H2,1-2H3. The van der Waals surface area contributed by atoms with Gasteiger partial charge in [0.2, 0.25) is 0 Å². The zero-order valence-corrected chi connectivity index (χ0v) is 9.42. The number of nitrogen functional groups attached to an aromatic ring is 1. The van der Waals surface area contributed by atoms with Crippen LogP contribution in [0.2, 0.25) is 0 Å². The maximum atomic E-state index is 13.3. The van der Waals surface area contributed by atoms with E-state index in [1.807, 2.05) is 32.0 Å². The summed E-state index contributed by atoms with van der Waals surface area (Å²) in [5, 5.41) is 0. The van der Waals surface area contributed by atoms with Crippen LogP contribution in [-0.4, -0.2) is 0 Å². The molecule has 0 fully saturated rings. The summed E-state index contributed by atoms with van der Waals surface area (Å²) in [5.74, 6) is -0.364. The first kappa shape index (κ1) is 10.7. The zero-order valence-electron chi connectivity index (χ0n) is 9.42. The zero-order chi connectivity index (χ0) is 11.7. The summed E-state index contributed by atoms with van der Waals surface area (Å²) in [4.78, 5) is 0. The summed E-state index contributed by atoms with van der Waals surface area (Å²) in [6, 6.07) is 11.0. The van der Waals surface area contributed by atoms with Crippen molar-refractivity contribution < 1.29 is 4.39 Å². The third kappa shape index (κ3) is 1.91. The van der Waals surface area contributed by atoms with Gasteiger partial charge in [-0.3, -0.25) is 0 Å². The average molecular weight is 215 g/mol. The maximum Gasteiger partial charge on any atom is 0.146 e. The monoisotopic (exact) mass is 215 g/mol. The number of hydrogen-bond acceptors (Lipinski definition) is 1. The molecule has 2 aromatic carbocycles. The van der Waals surface area contributed by atoms with Crippen molar-refractivity contribution in [2.75, 3.05) is 5.73 Å². The van der Waals surface area contributed by atoms with Crippen LogP contribution in [0.1, 0.15) is 11.1 Å². The first-order chi connectivity index (χ1) is 7.58. The molecule has 2 N–H and O–H groups in total. The predicted molar refractivity (Wildman–Crippen MR) is 65.7 cm³/mol. The summed E-state index contributed by atoms with van der Waals surface area (Å²) in [6.45, 7) is 4.04. The van der Waals surface area contributed by atoms with E-state index >= 15 is 0 Å². The molecular weight excluding hydrogens is 201 g/mol. The van der Waals surface area contributed by atoms with Crippen LogP contribution in [0.15, 0.2) is 36.4 Å². The molecule has 82 valence electrons. The fourth-order valence-corrected chi connectivity index (χ4v) is 1.92. The van der Waals surface area contributed by atoms with Crippen LogP contribution in [-0.2, 0) is 0 Å². The molecule has 0 radical (unpaired) electrons. The molecule has 2 aromatic rings. The van der Waals surface area contributed by atoms with Gasteiger partial charge in [-0.05, 0) is 25.5 Å². The highest BCUT2D eigenvalue weighted by Crippen LogP contribution is 2.29. The van der Waals surface area contributed by atoms with Crippen LogP contribution in [0.4, 0.5) is 10.1 Å². The van der Waals surface area contributed by atoms with E-state index in [1.54, 1.807) is 6.07 Å². The summed E-state index contributed by atoms with van der Waals surface area (Å²) >= 11 is 0. The van der Waals surface area contributed by atoms with Gasteiger partial charge in [0.05, 0.1) is 5.69 Å². The van der Waals surface area contributed by atoms with Gasteiger partial charge in [0.1, 0.15) is 5.82 Å². The van der Waals surface area contributed by atoms with Gasteiger partial charge in [0.25, 0.3) is 0 Å². The molecule has 16 heavy (non-hydrogen) atoms. The molecule has 0 unspecified atom stereocenters. The molecule has 0 aromatic heterocycles. The smallest absolute Gasteiger partial charge is 0.146 e. The minimum Gasteiger partial charge on any atom is -0.396 e. The lowest BCUT2D eigenvalue weighted by Crippen LogP contribution is -1.94. The molecule has 0 aliphatic carbocycles. The Morgan fingerprint density at radius 1 is 1.00 bits per heavy atom. The molecule has 0 atom stereocenters. The van der Waals surface area contributed by atoms with Crippen molar-refractivity contribution in [2.45, 2.75) is 13.8 Å². The van der Waals surface area contributed by atoms with Gasteiger partial charge >= 0.3 is 0 Å². The van der Waals surface area contributed by atoms with Crippen LogP contribution < -0.4 is 5.73 Å². The van der Waals surface area contributed by atoms with Crippen LogP contribution in [0.5, 0.6) is 0 Å². The van der Waals surface area contributed by atoms with E-state index in [1.165, 1.54) is 6.07 Å². The first-order valence-electron chi connectivity index (χ1n) is 5.20. The van der Waals surface area contributed by atoms with E-state index < -0.39 is 0 Å². The van der Waals surface area contributed by atoms with Crippen molar-refractivity contribution in [3.05, 3.63) is 53.3 Å². The molecule has 0 heterocycles. The minimum atomic E-state index is -0.364. The number of aryl methyl sites for hydroxylation is 2. The highest BCUT2D eigenvalue weighted by atomic mass is 19.1. The molecule has 2 heteroatoms. The van der Waals surface area contributed by atoms with Gasteiger partial charge in [0, 0.05) is 5.56 Å². The highest BCUT2D eigenvalue weighted by Gasteiger charge is 2.07. The summed E-state index contributed by atoms with van der Waals surface area (Å²) in [6.07, 6.45) is 0. The van der Waals surface area contributed by atoms with Crippen LogP contribution >= 0.6 is 0 Å². The second-order valence-electron chi connectivity index (χ2n) is 4.08. The fourth-order valence-electron chi connectivity index (χ4n) is 1.92. The summed E-state index contributed by atoms with van der Waals surface area (Å²) < 4.78 is 13.3. The summed E-state index contributed by atoms with van der Waals surface area (Å²) in [5.41, 5.74) is 9.98. The van der Waals surface area contributed by atoms with E-state index in [0.717, 1.165) is 22.3 Å². The highest BCUT2D eigenvalue weighted by molar-refractivity contribution is 5.77. The molecular formula is C14H14FN. The van der Waals surface area contributed by atoms with E-state index in [0.29, 0.717) is 0 Å². The second kappa shape index (κ2) is 3.97. The number of anilines is 1. The molecule has 0 saturated carbocycles. The third-order valence-electron chi connectivity index (χ3n) is 2.59. The van der Waals surface area contributed by atoms with Crippen molar-refractivity contribution in [1.29, 1.82) is 0 Å². The molecule has 0 aliphatic rings. The maximum absolute atomic E-state index is 13.3. The number of hydrogen-bond donors (Lipinski definition) is 1. The van der Waals surface area contributed by atoms with Gasteiger partial charge in [-0.1, -0.05) is 41.5 Å². The Kier molecular flexibility index (Phi) is 2.65. The van der Waals surface area contributed by atoms with E-state index in [9.17, 15) is 4.39 Å². The Labute approximate surface area is 94.7 Å². The number of halogens is 1. The minimum absolute atomic E-state index is 0.215. The Balaban J connectivity index is 2.63. The molecule has 0 aliphatic heterocycles. The van der Waals surface area contributed by atoms with E-state index in [-0.39, 0.29) is 11.5 Å². The van der Waals surface area contributed by atoms with Crippen LogP contribution in [0.3, 0.4) is 0 Å². The number of para-hydroxylation sites is 1. The van der Waals surface area contributed by atoms with Gasteiger partial charge < -0.3 is 5.73 Å². The molecule has 1 nitrogen and oxygen atoms in total. The van der Waals surface area contributed by atoms with Crippen molar-refractivity contribution >= 4 is 5.69 Å². The Morgan fingerprint density at radius 2 is 1.62 bits per heavy atom. The van der Waals surface area contributed by atoms with Gasteiger partial charge in [0.15, 0.2) is 0 Å². The number of benzene rings is 2. The van der Waals surface area contributed by atoms with Gasteiger partial charge in [-0.25, -0.2) is 4.39 Å². The topological polar surface area (TPSA) is 26.0 Å². The van der Waals surface area contributed by atoms with Gasteiger partial charge in [-0.15, -0.1) is 0 Å². The average Bonchev–Trinajstić information content (AvgIpc) is 2.20. The third-order valence-corrected chi connectivity index (χ3v) is 2.59. The lowest BCUT2D eigenvalue weighted by Gasteiger charge is -2.08. The lowest BCUT2D eigenvalue weighted by atomic mass is 9.99. The van der Waals surface area contributed by atoms with Crippen molar-refractivity contribution in [3.8, 4) is 11.1 Å². The van der Waals surface area contributed by atoms with E-state index in [4.69, 9.17) is 5.73 Å². The van der Waals surface area contributed by atoms with Gasteiger partial charge in [-0.2, -0.15) is 0 Å². The SMILES string of the molecule is Cc1cc(C)cc(-c2cccc(F)c2N)c1. The molecule has 0 bridgehead atoms. The molecule has 0 spiro atoms. The molecule has 0 amide bonds. The lowest BCUT2D eigenvalue weighted by molar-refractivity contribution is 0.633. The molecule has 2 rings (SSSR count). The van der Waals surface area contributed by atoms with Crippen molar-refractivity contribution in [3.63, 3.8) is 0 Å². The Hall–Kier alpha value is -1.83. The molecule has 0 saturated heterocycles. The first-order valence-corrected chi connectivity index (χ1v) is 5.20. The number of rotatable bonds is 1. The van der Waals surface area contributed by atoms with Crippen LogP contribution in [0, 0.1) is 19.7 Å². The largest absolute Gasteiger partial charge is 0.396 e. The predicted octanol–water partition coefficient (Wildman–Crippen LogP) is 3.69. The van der Waals surface area contributed by atoms with Crippen LogP contribution in [0.25, 0.3) is 11.1 Å². The summed E-state index contributed by atoms with van der Waals surface area (Å²) in [7, 11) is 0. The normalized spacial score (nSPS) is 10.4. The van der Waals surface area contributed by atoms with E-state index in [2.05, 4.69) is 6.07 Å². The fraction of sp³-hybridized carbons (Fsp3) is 0.143. The van der Waals surface area contributed by atoms with Crippen molar-refractivity contribution in [1.82, 2.24) is 0 Å². The quantitative estimate of drug-likeness (QED) is 0.721. The Morgan fingerprint density at radius 3 is 2.25 bits per heavy atom. The Bertz CT molecular complexity index is 512.